The summed E-state index contributed by atoms with van der Waals surface area (Å²) in [5, 5.41) is 6.20. The Balaban J connectivity index is 2.31. The summed E-state index contributed by atoms with van der Waals surface area (Å²) in [6.07, 6.45) is 0.403. The molecule has 1 aromatic heterocycles. The SMILES string of the molecule is CC(CCNC(C)c1cc(Cl)sc1Cl)NC(=O)OC(C)(C)C. The Morgan fingerprint density at radius 1 is 1.36 bits per heavy atom. The summed E-state index contributed by atoms with van der Waals surface area (Å²) in [4.78, 5) is 11.7. The third kappa shape index (κ3) is 7.18. The molecule has 0 fully saturated rings. The fraction of sp³-hybridized carbons (Fsp3) is 0.667. The summed E-state index contributed by atoms with van der Waals surface area (Å²) >= 11 is 13.4. The van der Waals surface area contributed by atoms with Gasteiger partial charge in [0.15, 0.2) is 0 Å². The van der Waals surface area contributed by atoms with Crippen molar-refractivity contribution in [3.05, 3.63) is 20.3 Å². The maximum atomic E-state index is 11.7. The number of alkyl carbamates (subject to hydrolysis) is 1. The lowest BCUT2D eigenvalue weighted by atomic mass is 10.1. The van der Waals surface area contributed by atoms with Gasteiger partial charge in [-0.05, 0) is 59.2 Å². The quantitative estimate of drug-likeness (QED) is 0.743. The van der Waals surface area contributed by atoms with E-state index in [1.165, 1.54) is 11.3 Å². The number of hydrogen-bond acceptors (Lipinski definition) is 4. The van der Waals surface area contributed by atoms with Crippen LogP contribution in [0.2, 0.25) is 8.67 Å². The van der Waals surface area contributed by atoms with Crippen LogP contribution in [0.25, 0.3) is 0 Å². The molecule has 1 heterocycles. The van der Waals surface area contributed by atoms with Crippen molar-refractivity contribution in [3.63, 3.8) is 0 Å². The van der Waals surface area contributed by atoms with Crippen LogP contribution in [-0.2, 0) is 4.74 Å². The molecule has 1 aromatic rings. The van der Waals surface area contributed by atoms with Crippen LogP contribution in [0.1, 0.15) is 52.6 Å². The first-order valence-electron chi connectivity index (χ1n) is 7.26. The van der Waals surface area contributed by atoms with Crippen molar-refractivity contribution < 1.29 is 9.53 Å². The van der Waals surface area contributed by atoms with Gasteiger partial charge in [0, 0.05) is 12.1 Å². The zero-order chi connectivity index (χ0) is 16.9. The van der Waals surface area contributed by atoms with Crippen molar-refractivity contribution in [2.75, 3.05) is 6.54 Å². The van der Waals surface area contributed by atoms with Gasteiger partial charge in [-0.25, -0.2) is 4.79 Å². The first-order chi connectivity index (χ1) is 10.1. The molecule has 2 N–H and O–H groups in total. The van der Waals surface area contributed by atoms with Crippen molar-refractivity contribution in [2.45, 2.75) is 58.7 Å². The van der Waals surface area contributed by atoms with Crippen LogP contribution in [0.3, 0.4) is 0 Å². The normalized spacial score (nSPS) is 14.5. The number of carbonyl (C=O) groups is 1. The monoisotopic (exact) mass is 366 g/mol. The zero-order valence-corrected chi connectivity index (χ0v) is 16.0. The summed E-state index contributed by atoms with van der Waals surface area (Å²) in [6.45, 7) is 10.3. The van der Waals surface area contributed by atoms with E-state index < -0.39 is 5.60 Å². The second-order valence-corrected chi connectivity index (χ2v) is 8.58. The molecule has 4 nitrogen and oxygen atoms in total. The van der Waals surface area contributed by atoms with Crippen LogP contribution >= 0.6 is 34.5 Å². The van der Waals surface area contributed by atoms with Gasteiger partial charge in [-0.15, -0.1) is 11.3 Å². The predicted octanol–water partition coefficient (Wildman–Crippen LogP) is 5.01. The summed E-state index contributed by atoms with van der Waals surface area (Å²) in [5.74, 6) is 0. The van der Waals surface area contributed by atoms with Gasteiger partial charge < -0.3 is 15.4 Å². The molecule has 0 radical (unpaired) electrons. The summed E-state index contributed by atoms with van der Waals surface area (Å²) in [6, 6.07) is 2.02. The Labute approximate surface area is 146 Å². The Morgan fingerprint density at radius 3 is 2.50 bits per heavy atom. The lowest BCUT2D eigenvalue weighted by Crippen LogP contribution is -2.39. The molecular formula is C15H24Cl2N2O2S. The van der Waals surface area contributed by atoms with Gasteiger partial charge in [0.2, 0.25) is 0 Å². The van der Waals surface area contributed by atoms with E-state index in [1.807, 2.05) is 40.7 Å². The van der Waals surface area contributed by atoms with Gasteiger partial charge in [-0.2, -0.15) is 0 Å². The van der Waals surface area contributed by atoms with E-state index in [1.54, 1.807) is 0 Å². The van der Waals surface area contributed by atoms with Crippen molar-refractivity contribution in [3.8, 4) is 0 Å². The van der Waals surface area contributed by atoms with E-state index in [2.05, 4.69) is 10.6 Å². The number of carbonyl (C=O) groups excluding carboxylic acids is 1. The van der Waals surface area contributed by atoms with E-state index in [0.717, 1.165) is 18.5 Å². The summed E-state index contributed by atoms with van der Waals surface area (Å²) in [7, 11) is 0. The highest BCUT2D eigenvalue weighted by molar-refractivity contribution is 7.20. The first-order valence-corrected chi connectivity index (χ1v) is 8.83. The minimum Gasteiger partial charge on any atom is -0.444 e. The highest BCUT2D eigenvalue weighted by Gasteiger charge is 2.18. The maximum absolute atomic E-state index is 11.7. The molecule has 126 valence electrons. The molecule has 2 unspecified atom stereocenters. The molecule has 0 aliphatic rings. The number of halogens is 2. The van der Waals surface area contributed by atoms with Gasteiger partial charge in [0.25, 0.3) is 0 Å². The van der Waals surface area contributed by atoms with Gasteiger partial charge >= 0.3 is 6.09 Å². The standard InChI is InChI=1S/C15H24Cl2N2O2S/c1-9(19-14(20)21-15(3,4)5)6-7-18-10(2)11-8-12(16)22-13(11)17/h8-10,18H,6-7H2,1-5H3,(H,19,20). The molecule has 22 heavy (non-hydrogen) atoms. The molecule has 0 aliphatic heterocycles. The van der Waals surface area contributed by atoms with E-state index >= 15 is 0 Å². The van der Waals surface area contributed by atoms with Gasteiger partial charge in [0.05, 0.1) is 8.67 Å². The largest absolute Gasteiger partial charge is 0.444 e. The van der Waals surface area contributed by atoms with Crippen LogP contribution in [0, 0.1) is 0 Å². The molecular weight excluding hydrogens is 343 g/mol. The second-order valence-electron chi connectivity index (χ2n) is 6.29. The molecule has 2 atom stereocenters. The predicted molar refractivity (Wildman–Crippen MR) is 94.2 cm³/mol. The Hall–Kier alpha value is -0.490. The van der Waals surface area contributed by atoms with Crippen molar-refractivity contribution >= 4 is 40.6 Å². The second kappa shape index (κ2) is 8.39. The number of hydrogen-bond donors (Lipinski definition) is 2. The molecule has 1 rings (SSSR count). The number of nitrogens with one attached hydrogen (secondary N) is 2. The summed E-state index contributed by atoms with van der Waals surface area (Å²) in [5.41, 5.74) is 0.523. The van der Waals surface area contributed by atoms with Crippen LogP contribution in [0.15, 0.2) is 6.07 Å². The molecule has 1 amide bonds. The zero-order valence-electron chi connectivity index (χ0n) is 13.6. The van der Waals surface area contributed by atoms with Crippen molar-refractivity contribution in [1.82, 2.24) is 10.6 Å². The van der Waals surface area contributed by atoms with Crippen LogP contribution < -0.4 is 10.6 Å². The Kier molecular flexibility index (Phi) is 7.46. The first kappa shape index (κ1) is 19.6. The molecule has 0 aromatic carbocycles. The third-order valence-electron chi connectivity index (χ3n) is 2.94. The molecule has 0 saturated carbocycles. The minimum absolute atomic E-state index is 0.0242. The fourth-order valence-corrected chi connectivity index (χ4v) is 3.50. The number of ether oxygens (including phenoxy) is 1. The van der Waals surface area contributed by atoms with Crippen molar-refractivity contribution in [2.24, 2.45) is 0 Å². The average Bonchev–Trinajstić information content (AvgIpc) is 2.65. The molecule has 0 aliphatic carbocycles. The molecule has 7 heteroatoms. The minimum atomic E-state index is -0.481. The Morgan fingerprint density at radius 2 is 2.00 bits per heavy atom. The maximum Gasteiger partial charge on any atom is 0.407 e. The van der Waals surface area contributed by atoms with E-state index in [4.69, 9.17) is 27.9 Å². The van der Waals surface area contributed by atoms with E-state index in [0.29, 0.717) is 8.67 Å². The lowest BCUT2D eigenvalue weighted by molar-refractivity contribution is 0.0506. The van der Waals surface area contributed by atoms with E-state index in [9.17, 15) is 4.79 Å². The Bertz CT molecular complexity index is 500. The highest BCUT2D eigenvalue weighted by Crippen LogP contribution is 2.34. The van der Waals surface area contributed by atoms with Gasteiger partial charge in [-0.1, -0.05) is 23.2 Å². The van der Waals surface area contributed by atoms with E-state index in [-0.39, 0.29) is 18.2 Å². The summed E-state index contributed by atoms with van der Waals surface area (Å²) < 4.78 is 6.62. The topological polar surface area (TPSA) is 50.4 Å². The average molecular weight is 367 g/mol. The molecule has 0 bridgehead atoms. The molecule has 0 spiro atoms. The smallest absolute Gasteiger partial charge is 0.407 e. The van der Waals surface area contributed by atoms with Crippen LogP contribution in [0.5, 0.6) is 0 Å². The number of thiophene rings is 1. The van der Waals surface area contributed by atoms with Gasteiger partial charge in [-0.3, -0.25) is 0 Å². The van der Waals surface area contributed by atoms with Gasteiger partial charge in [0.1, 0.15) is 5.60 Å². The third-order valence-corrected chi connectivity index (χ3v) is 4.46. The molecule has 0 saturated heterocycles. The highest BCUT2D eigenvalue weighted by atomic mass is 35.5. The lowest BCUT2D eigenvalue weighted by Gasteiger charge is -2.22. The fourth-order valence-electron chi connectivity index (χ4n) is 1.86. The van der Waals surface area contributed by atoms with Crippen LogP contribution in [0.4, 0.5) is 4.79 Å². The number of amides is 1. The van der Waals surface area contributed by atoms with Crippen molar-refractivity contribution in [1.29, 1.82) is 0 Å². The van der Waals surface area contributed by atoms with Crippen LogP contribution in [-0.4, -0.2) is 24.3 Å². The number of rotatable bonds is 6.